The third-order valence-corrected chi connectivity index (χ3v) is 6.50. The fourth-order valence-electron chi connectivity index (χ4n) is 5.49. The quantitative estimate of drug-likeness (QED) is 0.755. The summed E-state index contributed by atoms with van der Waals surface area (Å²) in [5, 5.41) is 0. The highest BCUT2D eigenvalue weighted by Crippen LogP contribution is 2.76. The van der Waals surface area contributed by atoms with Gasteiger partial charge in [-0.15, -0.1) is 0 Å². The van der Waals surface area contributed by atoms with Crippen molar-refractivity contribution in [2.45, 2.75) is 24.7 Å². The van der Waals surface area contributed by atoms with Gasteiger partial charge in [0.25, 0.3) is 0 Å². The molecule has 0 saturated heterocycles. The Bertz CT molecular complexity index is 696. The van der Waals surface area contributed by atoms with Crippen LogP contribution in [-0.4, -0.2) is 14.2 Å². The number of rotatable bonds is 2. The van der Waals surface area contributed by atoms with Gasteiger partial charge in [0.1, 0.15) is 11.5 Å². The largest absolute Gasteiger partial charge is 0.496 e. The minimum atomic E-state index is 0.244. The maximum Gasteiger partial charge on any atom is 0.123 e. The first-order valence-corrected chi connectivity index (χ1v) is 8.06. The van der Waals surface area contributed by atoms with Crippen molar-refractivity contribution in [1.82, 2.24) is 0 Å². The molecule has 112 valence electrons. The van der Waals surface area contributed by atoms with Crippen LogP contribution >= 0.6 is 0 Å². The molecular weight excluding hydrogens is 272 g/mol. The molecule has 1 aromatic rings. The van der Waals surface area contributed by atoms with Crippen molar-refractivity contribution in [3.05, 3.63) is 59.7 Å². The van der Waals surface area contributed by atoms with Crippen molar-refractivity contribution >= 4 is 0 Å². The van der Waals surface area contributed by atoms with Gasteiger partial charge in [-0.2, -0.15) is 0 Å². The number of hydrogen-bond acceptors (Lipinski definition) is 2. The Balaban J connectivity index is 1.84. The van der Waals surface area contributed by atoms with Gasteiger partial charge in [-0.25, -0.2) is 0 Å². The van der Waals surface area contributed by atoms with Gasteiger partial charge in [-0.1, -0.05) is 36.5 Å². The van der Waals surface area contributed by atoms with Crippen molar-refractivity contribution in [3.8, 4) is 11.5 Å². The Morgan fingerprint density at radius 2 is 1.27 bits per heavy atom. The number of ether oxygens (including phenoxy) is 2. The molecule has 0 aromatic heterocycles. The van der Waals surface area contributed by atoms with E-state index in [9.17, 15) is 0 Å². The summed E-state index contributed by atoms with van der Waals surface area (Å²) in [5.74, 6) is 2.81. The molecule has 0 amide bonds. The van der Waals surface area contributed by atoms with Crippen LogP contribution in [0.15, 0.2) is 48.6 Å². The number of hydrogen-bond donors (Lipinski definition) is 0. The summed E-state index contributed by atoms with van der Waals surface area (Å²) < 4.78 is 11.4. The van der Waals surface area contributed by atoms with Crippen LogP contribution in [0.2, 0.25) is 0 Å². The topological polar surface area (TPSA) is 18.5 Å². The predicted octanol–water partition coefficient (Wildman–Crippen LogP) is 4.35. The fraction of sp³-hybridized carbons (Fsp3) is 0.400. The minimum absolute atomic E-state index is 0.244. The Labute approximate surface area is 131 Å². The lowest BCUT2D eigenvalue weighted by Crippen LogP contribution is -2.58. The first-order chi connectivity index (χ1) is 10.8. The predicted molar refractivity (Wildman–Crippen MR) is 86.5 cm³/mol. The molecule has 0 heterocycles. The number of allylic oxidation sites excluding steroid dienone is 6. The molecule has 1 aromatic carbocycles. The molecule has 0 radical (unpaired) electrons. The third kappa shape index (κ3) is 1.10. The monoisotopic (exact) mass is 292 g/mol. The fourth-order valence-corrected chi connectivity index (χ4v) is 5.49. The molecular formula is C20H20O2. The summed E-state index contributed by atoms with van der Waals surface area (Å²) in [6.45, 7) is 0. The molecule has 0 fully saturated rings. The Morgan fingerprint density at radius 1 is 0.818 bits per heavy atom. The smallest absolute Gasteiger partial charge is 0.123 e. The van der Waals surface area contributed by atoms with Crippen molar-refractivity contribution in [2.75, 3.05) is 14.2 Å². The first-order valence-electron chi connectivity index (χ1n) is 8.06. The van der Waals surface area contributed by atoms with Crippen LogP contribution in [0.3, 0.4) is 0 Å². The van der Waals surface area contributed by atoms with E-state index in [2.05, 4.69) is 48.6 Å². The van der Waals surface area contributed by atoms with Crippen LogP contribution in [0.5, 0.6) is 11.5 Å². The highest BCUT2D eigenvalue weighted by Gasteiger charge is 2.66. The van der Waals surface area contributed by atoms with E-state index in [0.29, 0.717) is 11.8 Å². The van der Waals surface area contributed by atoms with Crippen molar-refractivity contribution < 1.29 is 9.47 Å². The first kappa shape index (κ1) is 12.6. The summed E-state index contributed by atoms with van der Waals surface area (Å²) >= 11 is 0. The van der Waals surface area contributed by atoms with E-state index in [-0.39, 0.29) is 10.8 Å². The summed E-state index contributed by atoms with van der Waals surface area (Å²) in [6.07, 6.45) is 16.7. The molecule has 6 rings (SSSR count). The zero-order valence-corrected chi connectivity index (χ0v) is 13.0. The van der Waals surface area contributed by atoms with E-state index in [1.807, 2.05) is 0 Å². The second-order valence-corrected chi connectivity index (χ2v) is 6.93. The average Bonchev–Trinajstić information content (AvgIpc) is 2.55. The van der Waals surface area contributed by atoms with Crippen LogP contribution in [0.25, 0.3) is 0 Å². The Hall–Kier alpha value is -1.96. The van der Waals surface area contributed by atoms with E-state index in [1.165, 1.54) is 11.1 Å². The van der Waals surface area contributed by atoms with Gasteiger partial charge in [0.2, 0.25) is 0 Å². The lowest BCUT2D eigenvalue weighted by Gasteiger charge is -2.66. The lowest BCUT2D eigenvalue weighted by atomic mass is 9.36. The van der Waals surface area contributed by atoms with Crippen LogP contribution < -0.4 is 9.47 Å². The van der Waals surface area contributed by atoms with Crippen molar-refractivity contribution in [2.24, 2.45) is 10.8 Å². The van der Waals surface area contributed by atoms with E-state index in [1.54, 1.807) is 14.2 Å². The van der Waals surface area contributed by atoms with Gasteiger partial charge in [0.05, 0.1) is 14.2 Å². The molecule has 0 unspecified atom stereocenters. The van der Waals surface area contributed by atoms with E-state index in [4.69, 9.17) is 9.47 Å². The Morgan fingerprint density at radius 3 is 1.64 bits per heavy atom. The molecule has 5 aliphatic rings. The normalized spacial score (nSPS) is 38.8. The maximum atomic E-state index is 5.71. The maximum absolute atomic E-state index is 5.71. The molecule has 22 heavy (non-hydrogen) atoms. The molecule has 0 N–H and O–H groups in total. The molecule has 5 aliphatic carbocycles. The summed E-state index contributed by atoms with van der Waals surface area (Å²) in [7, 11) is 3.55. The molecule has 0 spiro atoms. The molecule has 2 bridgehead atoms. The molecule has 0 aliphatic heterocycles. The summed E-state index contributed by atoms with van der Waals surface area (Å²) in [5.41, 5.74) is 3.19. The van der Waals surface area contributed by atoms with Gasteiger partial charge in [0, 0.05) is 33.8 Å². The van der Waals surface area contributed by atoms with Crippen LogP contribution in [0.1, 0.15) is 35.8 Å². The number of methoxy groups -OCH3 is 2. The zero-order chi connectivity index (χ0) is 14.9. The molecule has 2 heteroatoms. The molecule has 2 nitrogen and oxygen atoms in total. The highest BCUT2D eigenvalue weighted by molar-refractivity contribution is 5.65. The highest BCUT2D eigenvalue weighted by atomic mass is 16.5. The van der Waals surface area contributed by atoms with E-state index >= 15 is 0 Å². The molecule has 4 atom stereocenters. The van der Waals surface area contributed by atoms with Crippen LogP contribution in [0, 0.1) is 10.8 Å². The van der Waals surface area contributed by atoms with Crippen LogP contribution in [0.4, 0.5) is 0 Å². The number of benzene rings is 1. The lowest BCUT2D eigenvalue weighted by molar-refractivity contribution is 0.0341. The summed E-state index contributed by atoms with van der Waals surface area (Å²) in [4.78, 5) is 0. The Kier molecular flexibility index (Phi) is 2.21. The van der Waals surface area contributed by atoms with Gasteiger partial charge < -0.3 is 9.47 Å². The van der Waals surface area contributed by atoms with Gasteiger partial charge in [-0.05, 0) is 25.0 Å². The second kappa shape index (κ2) is 3.87. The summed E-state index contributed by atoms with van der Waals surface area (Å²) in [6, 6.07) is 4.12. The van der Waals surface area contributed by atoms with Gasteiger partial charge in [-0.3, -0.25) is 0 Å². The minimum Gasteiger partial charge on any atom is -0.496 e. The van der Waals surface area contributed by atoms with E-state index in [0.717, 1.165) is 24.3 Å². The zero-order valence-electron chi connectivity index (χ0n) is 13.0. The van der Waals surface area contributed by atoms with E-state index < -0.39 is 0 Å². The van der Waals surface area contributed by atoms with Crippen LogP contribution in [-0.2, 0) is 0 Å². The molecule has 0 saturated carbocycles. The van der Waals surface area contributed by atoms with Gasteiger partial charge >= 0.3 is 0 Å². The van der Waals surface area contributed by atoms with Gasteiger partial charge in [0.15, 0.2) is 0 Å². The standard InChI is InChI=1S/C20H20O2/c1-21-15-7-8-16(22-2)18-14-6-5-13(17(15)18)19-9-3-4-10-20(14,19)12-11-19/h3-8,11-14H,9-10H2,1-2H3/t13-,14+,19+,20-. The van der Waals surface area contributed by atoms with Crippen molar-refractivity contribution in [3.63, 3.8) is 0 Å². The second-order valence-electron chi connectivity index (χ2n) is 6.93. The SMILES string of the molecule is COc1ccc(OC)c2c1[C@H]1C=C[C@@H]2[C@@]23C=C[C@@]12CC=CC3. The average molecular weight is 292 g/mol. The third-order valence-electron chi connectivity index (χ3n) is 6.50. The van der Waals surface area contributed by atoms with Crippen molar-refractivity contribution in [1.29, 1.82) is 0 Å².